The molecule has 0 aliphatic carbocycles. The zero-order valence-corrected chi connectivity index (χ0v) is 19.8. The molecule has 34 heavy (non-hydrogen) atoms. The van der Waals surface area contributed by atoms with E-state index in [1.54, 1.807) is 25.4 Å². The number of aromatic nitrogens is 3. The van der Waals surface area contributed by atoms with Crippen LogP contribution in [0.5, 0.6) is 5.75 Å². The van der Waals surface area contributed by atoms with Crippen LogP contribution in [0.1, 0.15) is 25.1 Å². The highest BCUT2D eigenvalue weighted by atomic mass is 16.5. The molecule has 3 amide bonds. The lowest BCUT2D eigenvalue weighted by atomic mass is 9.83. The van der Waals surface area contributed by atoms with Crippen LogP contribution in [0.15, 0.2) is 48.9 Å². The van der Waals surface area contributed by atoms with Gasteiger partial charge in [-0.2, -0.15) is 0 Å². The molecular formula is C25H28N6O3. The van der Waals surface area contributed by atoms with Crippen LogP contribution in [0, 0.1) is 19.3 Å². The quantitative estimate of drug-likeness (QED) is 0.574. The number of carbonyl (C=O) groups is 2. The Balaban J connectivity index is 1.38. The van der Waals surface area contributed by atoms with E-state index in [0.717, 1.165) is 22.6 Å². The Labute approximate surface area is 198 Å². The largest absolute Gasteiger partial charge is 0.493 e. The van der Waals surface area contributed by atoms with Crippen molar-refractivity contribution in [2.45, 2.75) is 27.7 Å². The maximum Gasteiger partial charge on any atom is 0.324 e. The standard InChI is InChI=1S/C25H28N6O3/c1-16-9-19(6-8-22(16)34-15-25(4)13-31(14-25)18(3)32)21-11-26-12-23(29-21)30-24(33)28-20-7-5-17(2)27-10-20/h5-12H,13-15H2,1-4H3,(H2,28,29,30,33). The maximum absolute atomic E-state index is 12.3. The van der Waals surface area contributed by atoms with Crippen LogP contribution in [0.4, 0.5) is 16.3 Å². The third kappa shape index (κ3) is 5.48. The lowest BCUT2D eigenvalue weighted by molar-refractivity contribution is -0.141. The molecule has 3 heterocycles. The molecule has 9 heteroatoms. The summed E-state index contributed by atoms with van der Waals surface area (Å²) >= 11 is 0. The third-order valence-corrected chi connectivity index (χ3v) is 5.68. The maximum atomic E-state index is 12.3. The molecule has 9 nitrogen and oxygen atoms in total. The lowest BCUT2D eigenvalue weighted by Crippen LogP contribution is -2.58. The average Bonchev–Trinajstić information content (AvgIpc) is 2.78. The fourth-order valence-electron chi connectivity index (χ4n) is 3.80. The molecule has 1 aliphatic heterocycles. The first-order valence-corrected chi connectivity index (χ1v) is 11.0. The molecule has 4 rings (SSSR count). The second kappa shape index (κ2) is 9.46. The molecule has 2 N–H and O–H groups in total. The van der Waals surface area contributed by atoms with Gasteiger partial charge in [-0.05, 0) is 49.7 Å². The van der Waals surface area contributed by atoms with Crippen molar-refractivity contribution in [3.05, 3.63) is 60.2 Å². The highest BCUT2D eigenvalue weighted by Crippen LogP contribution is 2.32. The Morgan fingerprint density at radius 2 is 1.88 bits per heavy atom. The van der Waals surface area contributed by atoms with Crippen molar-refractivity contribution < 1.29 is 14.3 Å². The smallest absolute Gasteiger partial charge is 0.324 e. The van der Waals surface area contributed by atoms with Crippen LogP contribution in [-0.4, -0.2) is 51.5 Å². The second-order valence-corrected chi connectivity index (χ2v) is 9.01. The molecule has 0 unspecified atom stereocenters. The van der Waals surface area contributed by atoms with Gasteiger partial charge in [0.05, 0.1) is 36.6 Å². The second-order valence-electron chi connectivity index (χ2n) is 9.01. The van der Waals surface area contributed by atoms with E-state index in [4.69, 9.17) is 4.74 Å². The number of hydrogen-bond acceptors (Lipinski definition) is 6. The summed E-state index contributed by atoms with van der Waals surface area (Å²) < 4.78 is 6.06. The molecule has 1 aliphatic rings. The summed E-state index contributed by atoms with van der Waals surface area (Å²) in [6, 6.07) is 8.98. The van der Waals surface area contributed by atoms with Crippen LogP contribution in [0.2, 0.25) is 0 Å². The molecule has 1 fully saturated rings. The van der Waals surface area contributed by atoms with E-state index in [9.17, 15) is 9.59 Å². The fraction of sp³-hybridized carbons (Fsp3) is 0.320. The van der Waals surface area contributed by atoms with Crippen LogP contribution in [-0.2, 0) is 4.79 Å². The van der Waals surface area contributed by atoms with Gasteiger partial charge in [-0.15, -0.1) is 0 Å². The summed E-state index contributed by atoms with van der Waals surface area (Å²) in [4.78, 5) is 38.4. The highest BCUT2D eigenvalue weighted by Gasteiger charge is 2.40. The first-order chi connectivity index (χ1) is 16.2. The van der Waals surface area contributed by atoms with E-state index in [1.807, 2.05) is 43.0 Å². The van der Waals surface area contributed by atoms with Crippen molar-refractivity contribution in [2.75, 3.05) is 30.3 Å². The number of nitrogens with one attached hydrogen (secondary N) is 2. The monoisotopic (exact) mass is 460 g/mol. The first kappa shape index (κ1) is 23.2. The number of rotatable bonds is 6. The van der Waals surface area contributed by atoms with Crippen LogP contribution < -0.4 is 15.4 Å². The number of carbonyl (C=O) groups excluding carboxylic acids is 2. The molecule has 176 valence electrons. The molecule has 2 aromatic heterocycles. The molecule has 3 aromatic rings. The number of hydrogen-bond donors (Lipinski definition) is 2. The summed E-state index contributed by atoms with van der Waals surface area (Å²) in [7, 11) is 0. The van der Waals surface area contributed by atoms with Crippen molar-refractivity contribution in [2.24, 2.45) is 5.41 Å². The van der Waals surface area contributed by atoms with Gasteiger partial charge in [0.25, 0.3) is 0 Å². The number of pyridine rings is 1. The van der Waals surface area contributed by atoms with Gasteiger partial charge in [-0.1, -0.05) is 6.92 Å². The van der Waals surface area contributed by atoms with Crippen molar-refractivity contribution >= 4 is 23.4 Å². The molecular weight excluding hydrogens is 432 g/mol. The number of amides is 3. The molecule has 1 saturated heterocycles. The van der Waals surface area contributed by atoms with E-state index in [-0.39, 0.29) is 11.3 Å². The minimum absolute atomic E-state index is 0.0303. The Hall–Kier alpha value is -4.01. The minimum Gasteiger partial charge on any atom is -0.493 e. The SMILES string of the molecule is CC(=O)N1CC(C)(COc2ccc(-c3cncc(NC(=O)Nc4ccc(C)nc4)n3)cc2C)C1. The van der Waals surface area contributed by atoms with E-state index in [2.05, 4.69) is 32.5 Å². The number of anilines is 2. The number of nitrogens with zero attached hydrogens (tertiary/aromatic N) is 4. The summed E-state index contributed by atoms with van der Waals surface area (Å²) in [5.74, 6) is 1.22. The topological polar surface area (TPSA) is 109 Å². The van der Waals surface area contributed by atoms with Gasteiger partial charge < -0.3 is 15.0 Å². The van der Waals surface area contributed by atoms with Gasteiger partial charge in [0.15, 0.2) is 5.82 Å². The molecule has 0 atom stereocenters. The van der Waals surface area contributed by atoms with E-state index < -0.39 is 6.03 Å². The predicted molar refractivity (Wildman–Crippen MR) is 130 cm³/mol. The zero-order chi connectivity index (χ0) is 24.3. The number of likely N-dealkylation sites (tertiary alicyclic amines) is 1. The number of benzene rings is 1. The van der Waals surface area contributed by atoms with E-state index in [1.165, 1.54) is 6.20 Å². The number of ether oxygens (including phenoxy) is 1. The predicted octanol–water partition coefficient (Wildman–Crippen LogP) is 4.05. The van der Waals surface area contributed by atoms with Crippen LogP contribution >= 0.6 is 0 Å². The van der Waals surface area contributed by atoms with Gasteiger partial charge in [-0.25, -0.2) is 9.78 Å². The summed E-state index contributed by atoms with van der Waals surface area (Å²) in [5.41, 5.74) is 3.89. The van der Waals surface area contributed by atoms with Crippen molar-refractivity contribution in [1.82, 2.24) is 19.9 Å². The molecule has 0 spiro atoms. The van der Waals surface area contributed by atoms with Crippen LogP contribution in [0.3, 0.4) is 0 Å². The van der Waals surface area contributed by atoms with E-state index in [0.29, 0.717) is 36.9 Å². The van der Waals surface area contributed by atoms with Gasteiger partial charge in [-0.3, -0.25) is 20.1 Å². The average molecular weight is 461 g/mol. The van der Waals surface area contributed by atoms with E-state index >= 15 is 0 Å². The Kier molecular flexibility index (Phi) is 6.45. The number of urea groups is 1. The Morgan fingerprint density at radius 1 is 1.09 bits per heavy atom. The van der Waals surface area contributed by atoms with Crippen molar-refractivity contribution in [1.29, 1.82) is 0 Å². The Bertz CT molecular complexity index is 1210. The highest BCUT2D eigenvalue weighted by molar-refractivity contribution is 5.99. The minimum atomic E-state index is -0.426. The van der Waals surface area contributed by atoms with Crippen LogP contribution in [0.25, 0.3) is 11.3 Å². The van der Waals surface area contributed by atoms with Gasteiger partial charge in [0.1, 0.15) is 5.75 Å². The summed E-state index contributed by atoms with van der Waals surface area (Å²) in [5, 5.41) is 5.42. The van der Waals surface area contributed by atoms with Crippen molar-refractivity contribution in [3.63, 3.8) is 0 Å². The molecule has 0 bridgehead atoms. The fourth-order valence-corrected chi connectivity index (χ4v) is 3.80. The zero-order valence-electron chi connectivity index (χ0n) is 19.8. The lowest BCUT2D eigenvalue weighted by Gasteiger charge is -2.47. The van der Waals surface area contributed by atoms with Gasteiger partial charge in [0.2, 0.25) is 5.91 Å². The summed E-state index contributed by atoms with van der Waals surface area (Å²) in [6.45, 7) is 9.53. The number of aryl methyl sites for hydroxylation is 2. The van der Waals surface area contributed by atoms with Crippen molar-refractivity contribution in [3.8, 4) is 17.0 Å². The molecule has 0 saturated carbocycles. The molecule has 0 radical (unpaired) electrons. The van der Waals surface area contributed by atoms with Gasteiger partial charge in [0, 0.05) is 36.7 Å². The van der Waals surface area contributed by atoms with Gasteiger partial charge >= 0.3 is 6.03 Å². The molecule has 1 aromatic carbocycles. The first-order valence-electron chi connectivity index (χ1n) is 11.0. The summed E-state index contributed by atoms with van der Waals surface area (Å²) in [6.07, 6.45) is 4.73. The third-order valence-electron chi connectivity index (χ3n) is 5.68. The normalized spacial score (nSPS) is 14.2. The Morgan fingerprint density at radius 3 is 2.56 bits per heavy atom.